The number of hydrogen-bond donors (Lipinski definition) is 2. The highest BCUT2D eigenvalue weighted by atomic mass is 32.1. The Bertz CT molecular complexity index is 705. The molecule has 3 nitrogen and oxygen atoms in total. The Hall–Kier alpha value is -1.75. The molecule has 4 heteroatoms. The van der Waals surface area contributed by atoms with Crippen molar-refractivity contribution in [1.29, 1.82) is 0 Å². The standard InChI is InChI=1S/C15H15N3S/c1-10-12(8-9-19-10)15(18-16)14-7-6-11-4-2-3-5-13(11)17-14/h2-9,15,18H,16H2,1H3. The van der Waals surface area contributed by atoms with Crippen LogP contribution in [0.15, 0.2) is 47.8 Å². The van der Waals surface area contributed by atoms with Crippen LogP contribution in [-0.4, -0.2) is 4.98 Å². The molecule has 19 heavy (non-hydrogen) atoms. The van der Waals surface area contributed by atoms with Crippen LogP contribution in [-0.2, 0) is 0 Å². The van der Waals surface area contributed by atoms with Crippen LogP contribution in [0.1, 0.15) is 22.2 Å². The second-order valence-electron chi connectivity index (χ2n) is 4.46. The normalized spacial score (nSPS) is 12.7. The first-order valence-electron chi connectivity index (χ1n) is 6.15. The van der Waals surface area contributed by atoms with Crippen LogP contribution in [0.5, 0.6) is 0 Å². The molecule has 3 aromatic rings. The lowest BCUT2D eigenvalue weighted by Gasteiger charge is -2.16. The van der Waals surface area contributed by atoms with Gasteiger partial charge in [-0.05, 0) is 36.1 Å². The van der Waals surface area contributed by atoms with Gasteiger partial charge in [-0.2, -0.15) is 0 Å². The lowest BCUT2D eigenvalue weighted by molar-refractivity contribution is 0.622. The summed E-state index contributed by atoms with van der Waals surface area (Å²) in [6, 6.07) is 14.3. The third-order valence-corrected chi connectivity index (χ3v) is 4.15. The third kappa shape index (κ3) is 2.26. The maximum Gasteiger partial charge on any atom is 0.0892 e. The molecule has 0 saturated heterocycles. The van der Waals surface area contributed by atoms with Crippen LogP contribution in [0.3, 0.4) is 0 Å². The van der Waals surface area contributed by atoms with Crippen molar-refractivity contribution in [3.05, 3.63) is 64.0 Å². The van der Waals surface area contributed by atoms with Gasteiger partial charge in [-0.15, -0.1) is 11.3 Å². The first kappa shape index (κ1) is 12.3. The van der Waals surface area contributed by atoms with Crippen molar-refractivity contribution in [3.63, 3.8) is 0 Å². The molecular weight excluding hydrogens is 254 g/mol. The number of aryl methyl sites for hydroxylation is 1. The number of benzene rings is 1. The smallest absolute Gasteiger partial charge is 0.0892 e. The zero-order valence-electron chi connectivity index (χ0n) is 10.6. The molecule has 0 bridgehead atoms. The molecule has 3 rings (SSSR count). The van der Waals surface area contributed by atoms with E-state index in [2.05, 4.69) is 35.9 Å². The first-order valence-corrected chi connectivity index (χ1v) is 7.03. The van der Waals surface area contributed by atoms with Crippen molar-refractivity contribution >= 4 is 22.2 Å². The second-order valence-corrected chi connectivity index (χ2v) is 5.58. The molecular formula is C15H15N3S. The van der Waals surface area contributed by atoms with E-state index in [4.69, 9.17) is 10.8 Å². The van der Waals surface area contributed by atoms with E-state index in [0.29, 0.717) is 0 Å². The average Bonchev–Trinajstić information content (AvgIpc) is 2.86. The number of para-hydroxylation sites is 1. The van der Waals surface area contributed by atoms with Gasteiger partial charge in [0.25, 0.3) is 0 Å². The number of nitrogens with two attached hydrogens (primary N) is 1. The summed E-state index contributed by atoms with van der Waals surface area (Å²) < 4.78 is 0. The maximum absolute atomic E-state index is 5.72. The summed E-state index contributed by atoms with van der Waals surface area (Å²) in [6.07, 6.45) is 0. The Balaban J connectivity index is 2.09. The lowest BCUT2D eigenvalue weighted by atomic mass is 10.0. The van der Waals surface area contributed by atoms with E-state index in [1.54, 1.807) is 11.3 Å². The van der Waals surface area contributed by atoms with Gasteiger partial charge >= 0.3 is 0 Å². The number of thiophene rings is 1. The number of aromatic nitrogens is 1. The fraction of sp³-hybridized carbons (Fsp3) is 0.133. The summed E-state index contributed by atoms with van der Waals surface area (Å²) >= 11 is 1.72. The Morgan fingerprint density at radius 1 is 1.16 bits per heavy atom. The van der Waals surface area contributed by atoms with E-state index < -0.39 is 0 Å². The highest BCUT2D eigenvalue weighted by molar-refractivity contribution is 7.10. The van der Waals surface area contributed by atoms with Gasteiger partial charge in [0, 0.05) is 10.3 Å². The van der Waals surface area contributed by atoms with Gasteiger partial charge in [-0.3, -0.25) is 10.8 Å². The van der Waals surface area contributed by atoms with E-state index in [0.717, 1.165) is 16.6 Å². The highest BCUT2D eigenvalue weighted by Gasteiger charge is 2.17. The molecule has 2 aromatic heterocycles. The number of pyridine rings is 1. The fourth-order valence-corrected chi connectivity index (χ4v) is 3.01. The zero-order valence-corrected chi connectivity index (χ0v) is 11.4. The van der Waals surface area contributed by atoms with Crippen molar-refractivity contribution in [3.8, 4) is 0 Å². The molecule has 0 radical (unpaired) electrons. The largest absolute Gasteiger partial charge is 0.271 e. The van der Waals surface area contributed by atoms with Gasteiger partial charge in [-0.25, -0.2) is 5.43 Å². The molecule has 96 valence electrons. The van der Waals surface area contributed by atoms with Crippen molar-refractivity contribution < 1.29 is 0 Å². The van der Waals surface area contributed by atoms with Crippen molar-refractivity contribution in [1.82, 2.24) is 10.4 Å². The number of nitrogens with one attached hydrogen (secondary N) is 1. The van der Waals surface area contributed by atoms with Crippen LogP contribution in [0.25, 0.3) is 10.9 Å². The molecule has 1 atom stereocenters. The quantitative estimate of drug-likeness (QED) is 0.567. The Morgan fingerprint density at radius 2 is 2.00 bits per heavy atom. The van der Waals surface area contributed by atoms with E-state index in [9.17, 15) is 0 Å². The minimum absolute atomic E-state index is 0.0594. The predicted molar refractivity (Wildman–Crippen MR) is 80.0 cm³/mol. The van der Waals surface area contributed by atoms with E-state index >= 15 is 0 Å². The molecule has 0 amide bonds. The van der Waals surface area contributed by atoms with Crippen molar-refractivity contribution in [2.75, 3.05) is 0 Å². The first-order chi connectivity index (χ1) is 9.29. The summed E-state index contributed by atoms with van der Waals surface area (Å²) in [7, 11) is 0. The minimum Gasteiger partial charge on any atom is -0.271 e. The third-order valence-electron chi connectivity index (χ3n) is 3.29. The molecule has 0 saturated carbocycles. The van der Waals surface area contributed by atoms with E-state index in [-0.39, 0.29) is 6.04 Å². The van der Waals surface area contributed by atoms with Gasteiger partial charge < -0.3 is 0 Å². The van der Waals surface area contributed by atoms with Crippen LogP contribution in [0, 0.1) is 6.92 Å². The Morgan fingerprint density at radius 3 is 2.74 bits per heavy atom. The average molecular weight is 269 g/mol. The van der Waals surface area contributed by atoms with Gasteiger partial charge in [0.05, 0.1) is 17.3 Å². The molecule has 0 aliphatic heterocycles. The van der Waals surface area contributed by atoms with Crippen molar-refractivity contribution in [2.24, 2.45) is 5.84 Å². The number of hydrazine groups is 1. The SMILES string of the molecule is Cc1sccc1C(NN)c1ccc2ccccc2n1. The minimum atomic E-state index is -0.0594. The van der Waals surface area contributed by atoms with Crippen LogP contribution >= 0.6 is 11.3 Å². The number of rotatable bonds is 3. The molecule has 2 heterocycles. The molecule has 1 unspecified atom stereocenters. The molecule has 0 aliphatic rings. The molecule has 1 aromatic carbocycles. The number of nitrogens with zero attached hydrogens (tertiary/aromatic N) is 1. The van der Waals surface area contributed by atoms with Gasteiger partial charge in [0.2, 0.25) is 0 Å². The lowest BCUT2D eigenvalue weighted by Crippen LogP contribution is -2.29. The highest BCUT2D eigenvalue weighted by Crippen LogP contribution is 2.27. The van der Waals surface area contributed by atoms with Gasteiger partial charge in [-0.1, -0.05) is 24.3 Å². The molecule has 0 spiro atoms. The predicted octanol–water partition coefficient (Wildman–Crippen LogP) is 3.16. The summed E-state index contributed by atoms with van der Waals surface area (Å²) in [6.45, 7) is 2.10. The van der Waals surface area contributed by atoms with Crippen LogP contribution in [0.4, 0.5) is 0 Å². The molecule has 0 aliphatic carbocycles. The van der Waals surface area contributed by atoms with Crippen LogP contribution < -0.4 is 11.3 Å². The summed E-state index contributed by atoms with van der Waals surface area (Å²) in [5.74, 6) is 5.72. The van der Waals surface area contributed by atoms with Gasteiger partial charge in [0.1, 0.15) is 0 Å². The molecule has 3 N–H and O–H groups in total. The summed E-state index contributed by atoms with van der Waals surface area (Å²) in [5, 5.41) is 3.22. The summed E-state index contributed by atoms with van der Waals surface area (Å²) in [5.41, 5.74) is 6.00. The topological polar surface area (TPSA) is 50.9 Å². The number of hydrogen-bond acceptors (Lipinski definition) is 4. The van der Waals surface area contributed by atoms with E-state index in [1.807, 2.05) is 24.3 Å². The number of fused-ring (bicyclic) bond motifs is 1. The Kier molecular flexibility index (Phi) is 3.29. The van der Waals surface area contributed by atoms with Crippen molar-refractivity contribution in [2.45, 2.75) is 13.0 Å². The fourth-order valence-electron chi connectivity index (χ4n) is 2.27. The van der Waals surface area contributed by atoms with E-state index in [1.165, 1.54) is 10.4 Å². The maximum atomic E-state index is 5.72. The Labute approximate surface area is 116 Å². The molecule has 0 fully saturated rings. The van der Waals surface area contributed by atoms with Gasteiger partial charge in [0.15, 0.2) is 0 Å². The monoisotopic (exact) mass is 269 g/mol. The van der Waals surface area contributed by atoms with Crippen LogP contribution in [0.2, 0.25) is 0 Å². The second kappa shape index (κ2) is 5.09. The zero-order chi connectivity index (χ0) is 13.2. The summed E-state index contributed by atoms with van der Waals surface area (Å²) in [4.78, 5) is 5.97.